The fraction of sp³-hybridized carbons (Fsp3) is 0.125. The van der Waals surface area contributed by atoms with Crippen molar-refractivity contribution in [2.24, 2.45) is 0 Å². The van der Waals surface area contributed by atoms with Crippen LogP contribution in [0.5, 0.6) is 0 Å². The monoisotopic (exact) mass is 560 g/mol. The maximum Gasteiger partial charge on any atom is 0.270 e. The molecule has 0 atom stereocenters. The van der Waals surface area contributed by atoms with Gasteiger partial charge in [0.05, 0.1) is 10.2 Å². The van der Waals surface area contributed by atoms with Gasteiger partial charge in [0.15, 0.2) is 10.2 Å². The lowest BCUT2D eigenvalue weighted by molar-refractivity contribution is -0.127. The first-order chi connectivity index (χ1) is 15.9. The third kappa shape index (κ3) is 5.09. The highest BCUT2D eigenvalue weighted by Crippen LogP contribution is 2.37. The molecule has 0 aliphatic carbocycles. The van der Waals surface area contributed by atoms with E-state index in [4.69, 9.17) is 28.2 Å². The number of hydrogen-bond acceptors (Lipinski definition) is 5. The van der Waals surface area contributed by atoms with Gasteiger partial charge in [-0.3, -0.25) is 19.4 Å². The SMILES string of the molecule is CCCN1C(=O)/C(=C/c2cc(Br)c(Sc3ccc(Cl)cc3)o2)C(=O)N(c2ccccc2)C1=S. The number of para-hydroxylation sites is 1. The molecule has 0 bridgehead atoms. The van der Waals surface area contributed by atoms with E-state index in [9.17, 15) is 9.59 Å². The summed E-state index contributed by atoms with van der Waals surface area (Å²) in [5, 5.41) is 1.42. The normalized spacial score (nSPS) is 15.6. The van der Waals surface area contributed by atoms with E-state index in [0.717, 1.165) is 4.90 Å². The molecule has 2 heterocycles. The van der Waals surface area contributed by atoms with Gasteiger partial charge in [0.25, 0.3) is 11.8 Å². The number of hydrogen-bond donors (Lipinski definition) is 0. The number of carbonyl (C=O) groups is 2. The number of nitrogens with zero attached hydrogens (tertiary/aromatic N) is 2. The molecular weight excluding hydrogens is 544 g/mol. The second-order valence-electron chi connectivity index (χ2n) is 7.11. The maximum absolute atomic E-state index is 13.4. The largest absolute Gasteiger partial charge is 0.449 e. The predicted octanol–water partition coefficient (Wildman–Crippen LogP) is 6.80. The second kappa shape index (κ2) is 10.3. The Balaban J connectivity index is 1.69. The number of halogens is 2. The second-order valence-corrected chi connectivity index (χ2v) is 9.82. The van der Waals surface area contributed by atoms with Gasteiger partial charge in [0.1, 0.15) is 11.3 Å². The van der Waals surface area contributed by atoms with Gasteiger partial charge < -0.3 is 4.42 Å². The number of furan rings is 1. The van der Waals surface area contributed by atoms with Gasteiger partial charge in [-0.25, -0.2) is 0 Å². The van der Waals surface area contributed by atoms with Gasteiger partial charge in [-0.05, 0) is 83.1 Å². The Morgan fingerprint density at radius 2 is 1.79 bits per heavy atom. The molecule has 1 aliphatic rings. The number of carbonyl (C=O) groups excluding carboxylic acids is 2. The van der Waals surface area contributed by atoms with Crippen LogP contribution in [0.1, 0.15) is 19.1 Å². The zero-order valence-electron chi connectivity index (χ0n) is 17.5. The molecule has 1 saturated heterocycles. The van der Waals surface area contributed by atoms with E-state index in [1.54, 1.807) is 30.3 Å². The van der Waals surface area contributed by atoms with Crippen molar-refractivity contribution in [2.45, 2.75) is 23.3 Å². The molecule has 0 unspecified atom stereocenters. The molecule has 4 rings (SSSR count). The van der Waals surface area contributed by atoms with Crippen LogP contribution in [0.2, 0.25) is 5.02 Å². The van der Waals surface area contributed by atoms with Crippen LogP contribution in [0.25, 0.3) is 6.08 Å². The van der Waals surface area contributed by atoms with Crippen molar-refractivity contribution < 1.29 is 14.0 Å². The maximum atomic E-state index is 13.4. The molecule has 9 heteroatoms. The molecule has 2 amide bonds. The van der Waals surface area contributed by atoms with Crippen LogP contribution in [0.4, 0.5) is 5.69 Å². The fourth-order valence-corrected chi connectivity index (χ4v) is 5.08. The minimum Gasteiger partial charge on any atom is -0.449 e. The van der Waals surface area contributed by atoms with E-state index in [1.165, 1.54) is 27.6 Å². The summed E-state index contributed by atoms with van der Waals surface area (Å²) < 4.78 is 6.66. The standard InChI is InChI=1S/C24H18BrClN2O3S2/c1-2-12-27-21(29)19(22(30)28(24(27)32)16-6-4-3-5-7-16)13-17-14-20(25)23(31-17)33-18-10-8-15(26)9-11-18/h3-11,13-14H,2,12H2,1H3/b19-13-. The van der Waals surface area contributed by atoms with Crippen molar-refractivity contribution in [3.8, 4) is 0 Å². The fourth-order valence-electron chi connectivity index (χ4n) is 3.26. The van der Waals surface area contributed by atoms with Crippen LogP contribution in [0.3, 0.4) is 0 Å². The van der Waals surface area contributed by atoms with Crippen LogP contribution >= 0.6 is 51.5 Å². The van der Waals surface area contributed by atoms with Gasteiger partial charge >= 0.3 is 0 Å². The number of benzene rings is 2. The quantitative estimate of drug-likeness (QED) is 0.188. The molecule has 0 radical (unpaired) electrons. The Hall–Kier alpha value is -2.39. The Morgan fingerprint density at radius 3 is 2.45 bits per heavy atom. The minimum atomic E-state index is -0.483. The smallest absolute Gasteiger partial charge is 0.270 e. The van der Waals surface area contributed by atoms with E-state index >= 15 is 0 Å². The molecule has 0 saturated carbocycles. The van der Waals surface area contributed by atoms with Crippen molar-refractivity contribution in [3.63, 3.8) is 0 Å². The van der Waals surface area contributed by atoms with Crippen LogP contribution in [-0.4, -0.2) is 28.4 Å². The molecule has 1 aliphatic heterocycles. The molecule has 1 aromatic heterocycles. The lowest BCUT2D eigenvalue weighted by Gasteiger charge is -2.36. The topological polar surface area (TPSA) is 53.8 Å². The molecular formula is C24H18BrClN2O3S2. The number of anilines is 1. The summed E-state index contributed by atoms with van der Waals surface area (Å²) in [6.07, 6.45) is 2.17. The zero-order chi connectivity index (χ0) is 23.5. The van der Waals surface area contributed by atoms with E-state index in [-0.39, 0.29) is 10.7 Å². The third-order valence-corrected chi connectivity index (χ3v) is 7.28. The van der Waals surface area contributed by atoms with Gasteiger partial charge in [0, 0.05) is 16.5 Å². The summed E-state index contributed by atoms with van der Waals surface area (Å²) in [4.78, 5) is 30.3. The summed E-state index contributed by atoms with van der Waals surface area (Å²) in [6, 6.07) is 18.2. The summed E-state index contributed by atoms with van der Waals surface area (Å²) in [5.74, 6) is -0.534. The van der Waals surface area contributed by atoms with Gasteiger partial charge in [0.2, 0.25) is 0 Å². The highest BCUT2D eigenvalue weighted by Gasteiger charge is 2.40. The van der Waals surface area contributed by atoms with Crippen LogP contribution in [-0.2, 0) is 9.59 Å². The minimum absolute atomic E-state index is 0.00908. The molecule has 0 spiro atoms. The van der Waals surface area contributed by atoms with E-state index < -0.39 is 11.8 Å². The van der Waals surface area contributed by atoms with E-state index in [2.05, 4.69) is 15.9 Å². The Morgan fingerprint density at radius 1 is 1.09 bits per heavy atom. The highest BCUT2D eigenvalue weighted by molar-refractivity contribution is 9.10. The highest BCUT2D eigenvalue weighted by atomic mass is 79.9. The Bertz CT molecular complexity index is 1240. The van der Waals surface area contributed by atoms with Gasteiger partial charge in [-0.15, -0.1) is 0 Å². The first kappa shape index (κ1) is 23.8. The van der Waals surface area contributed by atoms with Gasteiger partial charge in [-0.1, -0.05) is 48.5 Å². The molecule has 0 N–H and O–H groups in total. The molecule has 2 aromatic carbocycles. The van der Waals surface area contributed by atoms with E-state index in [0.29, 0.717) is 39.0 Å². The van der Waals surface area contributed by atoms with Crippen molar-refractivity contribution in [2.75, 3.05) is 11.4 Å². The first-order valence-electron chi connectivity index (χ1n) is 10.1. The van der Waals surface area contributed by atoms with Crippen molar-refractivity contribution in [1.82, 2.24) is 4.90 Å². The zero-order valence-corrected chi connectivity index (χ0v) is 21.4. The predicted molar refractivity (Wildman–Crippen MR) is 138 cm³/mol. The molecule has 1 fully saturated rings. The average molecular weight is 562 g/mol. The van der Waals surface area contributed by atoms with Crippen molar-refractivity contribution in [3.05, 3.63) is 81.5 Å². The number of thiocarbonyl (C=S) groups is 1. The van der Waals surface area contributed by atoms with Crippen LogP contribution in [0, 0.1) is 0 Å². The van der Waals surface area contributed by atoms with Gasteiger partial charge in [-0.2, -0.15) is 0 Å². The average Bonchev–Trinajstić information content (AvgIpc) is 3.15. The lowest BCUT2D eigenvalue weighted by Crippen LogP contribution is -2.56. The Kier molecular flexibility index (Phi) is 7.38. The molecule has 5 nitrogen and oxygen atoms in total. The van der Waals surface area contributed by atoms with Crippen molar-refractivity contribution >= 4 is 80.2 Å². The van der Waals surface area contributed by atoms with Crippen molar-refractivity contribution in [1.29, 1.82) is 0 Å². The lowest BCUT2D eigenvalue weighted by atomic mass is 10.1. The first-order valence-corrected chi connectivity index (χ1v) is 12.5. The summed E-state index contributed by atoms with van der Waals surface area (Å²) in [6.45, 7) is 2.36. The summed E-state index contributed by atoms with van der Waals surface area (Å²) >= 11 is 16.4. The summed E-state index contributed by atoms with van der Waals surface area (Å²) in [5.41, 5.74) is 0.594. The molecule has 168 valence electrons. The van der Waals surface area contributed by atoms with Crippen LogP contribution < -0.4 is 4.90 Å². The van der Waals surface area contributed by atoms with Crippen LogP contribution in [0.15, 0.2) is 85.1 Å². The Labute approximate surface area is 214 Å². The third-order valence-electron chi connectivity index (χ3n) is 4.78. The summed E-state index contributed by atoms with van der Waals surface area (Å²) in [7, 11) is 0. The molecule has 33 heavy (non-hydrogen) atoms. The number of amides is 2. The van der Waals surface area contributed by atoms with E-state index in [1.807, 2.05) is 37.3 Å². The number of rotatable bonds is 6. The molecule has 3 aromatic rings.